The van der Waals surface area contributed by atoms with E-state index in [1.165, 1.54) is 0 Å². The third-order valence-electron chi connectivity index (χ3n) is 3.74. The van der Waals surface area contributed by atoms with Gasteiger partial charge in [0.05, 0.1) is 24.2 Å². The average Bonchev–Trinajstić information content (AvgIpc) is 2.83. The fraction of sp³-hybridized carbons (Fsp3) is 0.333. The third kappa shape index (κ3) is 3.29. The van der Waals surface area contributed by atoms with Crippen LogP contribution in [0.1, 0.15) is 16.9 Å². The second-order valence-corrected chi connectivity index (χ2v) is 6.16. The summed E-state index contributed by atoms with van der Waals surface area (Å²) in [6.07, 6.45) is -0.650. The Hall–Kier alpha value is -1.76. The minimum absolute atomic E-state index is 0.139. The maximum Gasteiger partial charge on any atom is 0.306 e. The van der Waals surface area contributed by atoms with Gasteiger partial charge in [-0.15, -0.1) is 0 Å². The van der Waals surface area contributed by atoms with Crippen LogP contribution in [0.5, 0.6) is 0 Å². The molecule has 1 aliphatic heterocycles. The van der Waals surface area contributed by atoms with E-state index in [4.69, 9.17) is 33.0 Å². The molecular formula is C15H14Cl2N2O4. The summed E-state index contributed by atoms with van der Waals surface area (Å²) in [6.45, 7) is 0.909. The monoisotopic (exact) mass is 356 g/mol. The number of aromatic nitrogens is 1. The van der Waals surface area contributed by atoms with Crippen molar-refractivity contribution >= 4 is 46.0 Å². The number of carboxylic acid groups (broad SMARTS) is 1. The number of aliphatic carboxylic acids is 1. The van der Waals surface area contributed by atoms with E-state index in [-0.39, 0.29) is 24.6 Å². The highest BCUT2D eigenvalue weighted by Crippen LogP contribution is 2.30. The predicted octanol–water partition coefficient (Wildman–Crippen LogP) is 2.79. The number of benzene rings is 1. The highest BCUT2D eigenvalue weighted by molar-refractivity contribution is 6.39. The van der Waals surface area contributed by atoms with E-state index in [1.54, 1.807) is 23.1 Å². The number of ether oxygens (including phenoxy) is 1. The summed E-state index contributed by atoms with van der Waals surface area (Å²) < 4.78 is 5.37. The Morgan fingerprint density at radius 1 is 1.39 bits per heavy atom. The Balaban J connectivity index is 1.85. The van der Waals surface area contributed by atoms with Gasteiger partial charge in [-0.3, -0.25) is 9.59 Å². The molecule has 1 aliphatic rings. The number of nitrogens with one attached hydrogen (secondary N) is 1. The van der Waals surface area contributed by atoms with Crippen LogP contribution in [0.4, 0.5) is 0 Å². The summed E-state index contributed by atoms with van der Waals surface area (Å²) in [5.41, 5.74) is 0.998. The highest BCUT2D eigenvalue weighted by atomic mass is 35.5. The Kier molecular flexibility index (Phi) is 4.48. The molecule has 0 saturated carbocycles. The zero-order valence-electron chi connectivity index (χ0n) is 12.0. The van der Waals surface area contributed by atoms with Crippen LogP contribution in [0.2, 0.25) is 10.0 Å². The van der Waals surface area contributed by atoms with Crippen LogP contribution >= 0.6 is 23.2 Å². The number of nitrogens with zero attached hydrogens (tertiary/aromatic N) is 1. The molecule has 0 aliphatic carbocycles. The SMILES string of the molecule is O=C(O)C[C@H]1CN(C(=O)c2[nH]c3ccc(Cl)cc3c2Cl)CCO1. The van der Waals surface area contributed by atoms with Gasteiger partial charge in [0, 0.05) is 29.0 Å². The van der Waals surface area contributed by atoms with E-state index < -0.39 is 12.1 Å². The van der Waals surface area contributed by atoms with Crippen molar-refractivity contribution in [2.24, 2.45) is 0 Å². The summed E-state index contributed by atoms with van der Waals surface area (Å²) in [7, 11) is 0. The van der Waals surface area contributed by atoms with Gasteiger partial charge in [0.2, 0.25) is 0 Å². The van der Waals surface area contributed by atoms with Crippen LogP contribution in [0.3, 0.4) is 0 Å². The molecule has 2 N–H and O–H groups in total. The first kappa shape index (κ1) is 16.1. The molecule has 0 radical (unpaired) electrons. The molecule has 0 bridgehead atoms. The van der Waals surface area contributed by atoms with Crippen molar-refractivity contribution in [3.05, 3.63) is 33.9 Å². The van der Waals surface area contributed by atoms with Crippen molar-refractivity contribution in [3.63, 3.8) is 0 Å². The van der Waals surface area contributed by atoms with Crippen molar-refractivity contribution in [2.45, 2.75) is 12.5 Å². The van der Waals surface area contributed by atoms with Gasteiger partial charge in [-0.1, -0.05) is 23.2 Å². The lowest BCUT2D eigenvalue weighted by atomic mass is 10.2. The number of amides is 1. The number of carbonyl (C=O) groups is 2. The molecule has 1 aromatic heterocycles. The Morgan fingerprint density at radius 2 is 2.17 bits per heavy atom. The van der Waals surface area contributed by atoms with Gasteiger partial charge in [0.1, 0.15) is 5.69 Å². The number of aromatic amines is 1. The van der Waals surface area contributed by atoms with Gasteiger partial charge >= 0.3 is 5.97 Å². The number of fused-ring (bicyclic) bond motifs is 1. The minimum Gasteiger partial charge on any atom is -0.481 e. The van der Waals surface area contributed by atoms with E-state index in [1.807, 2.05) is 0 Å². The van der Waals surface area contributed by atoms with E-state index >= 15 is 0 Å². The number of rotatable bonds is 3. The molecule has 122 valence electrons. The normalized spacial score (nSPS) is 18.3. The molecule has 2 aromatic rings. The Bertz CT molecular complexity index is 774. The number of hydrogen-bond acceptors (Lipinski definition) is 3. The van der Waals surface area contributed by atoms with Crippen LogP contribution in [0.15, 0.2) is 18.2 Å². The van der Waals surface area contributed by atoms with Crippen molar-refractivity contribution in [3.8, 4) is 0 Å². The van der Waals surface area contributed by atoms with Crippen LogP contribution in [0.25, 0.3) is 10.9 Å². The smallest absolute Gasteiger partial charge is 0.306 e. The molecule has 1 fully saturated rings. The van der Waals surface area contributed by atoms with Gasteiger partial charge < -0.3 is 19.7 Å². The first-order chi connectivity index (χ1) is 11.0. The van der Waals surface area contributed by atoms with Crippen molar-refractivity contribution in [2.75, 3.05) is 19.7 Å². The highest BCUT2D eigenvalue weighted by Gasteiger charge is 2.29. The predicted molar refractivity (Wildman–Crippen MR) is 86.2 cm³/mol. The first-order valence-corrected chi connectivity index (χ1v) is 7.80. The standard InChI is InChI=1S/C15H14Cl2N2O4/c16-8-1-2-11-10(5-8)13(17)14(18-11)15(22)19-3-4-23-9(7-19)6-12(20)21/h1-2,5,9,18H,3-4,6-7H2,(H,20,21)/t9-/m0/s1. The van der Waals surface area contributed by atoms with Gasteiger partial charge in [0.25, 0.3) is 5.91 Å². The van der Waals surface area contributed by atoms with Crippen molar-refractivity contribution < 1.29 is 19.4 Å². The van der Waals surface area contributed by atoms with E-state index in [9.17, 15) is 9.59 Å². The summed E-state index contributed by atoms with van der Waals surface area (Å²) >= 11 is 12.3. The molecule has 1 saturated heterocycles. The third-order valence-corrected chi connectivity index (χ3v) is 4.37. The number of carboxylic acids is 1. The number of morpholine rings is 1. The van der Waals surface area contributed by atoms with E-state index in [2.05, 4.69) is 4.98 Å². The lowest BCUT2D eigenvalue weighted by Crippen LogP contribution is -2.46. The molecule has 1 atom stereocenters. The number of halogens is 2. The molecule has 3 rings (SSSR count). The summed E-state index contributed by atoms with van der Waals surface area (Å²) in [4.78, 5) is 28.0. The topological polar surface area (TPSA) is 82.6 Å². The van der Waals surface area contributed by atoms with Crippen molar-refractivity contribution in [1.29, 1.82) is 0 Å². The second kappa shape index (κ2) is 6.39. The van der Waals surface area contributed by atoms with E-state index in [0.29, 0.717) is 28.6 Å². The fourth-order valence-corrected chi connectivity index (χ4v) is 3.12. The van der Waals surface area contributed by atoms with Crippen LogP contribution in [0, 0.1) is 0 Å². The largest absolute Gasteiger partial charge is 0.481 e. The molecule has 0 spiro atoms. The molecule has 0 unspecified atom stereocenters. The maximum absolute atomic E-state index is 12.7. The fourth-order valence-electron chi connectivity index (χ4n) is 2.66. The summed E-state index contributed by atoms with van der Waals surface area (Å²) in [5.74, 6) is -1.23. The van der Waals surface area contributed by atoms with Gasteiger partial charge in [-0.05, 0) is 18.2 Å². The summed E-state index contributed by atoms with van der Waals surface area (Å²) in [5, 5.41) is 10.4. The number of hydrogen-bond donors (Lipinski definition) is 2. The number of H-pyrrole nitrogens is 1. The number of carbonyl (C=O) groups excluding carboxylic acids is 1. The van der Waals surface area contributed by atoms with Gasteiger partial charge in [0.15, 0.2) is 0 Å². The lowest BCUT2D eigenvalue weighted by molar-refractivity contribution is -0.141. The quantitative estimate of drug-likeness (QED) is 0.885. The molecule has 1 aromatic carbocycles. The van der Waals surface area contributed by atoms with Gasteiger partial charge in [-0.25, -0.2) is 0 Å². The molecule has 8 heteroatoms. The molecule has 1 amide bonds. The van der Waals surface area contributed by atoms with Crippen molar-refractivity contribution in [1.82, 2.24) is 9.88 Å². The second-order valence-electron chi connectivity index (χ2n) is 5.35. The minimum atomic E-state index is -0.956. The van der Waals surface area contributed by atoms with Crippen LogP contribution < -0.4 is 0 Å². The molecule has 2 heterocycles. The van der Waals surface area contributed by atoms with Crippen LogP contribution in [-0.2, 0) is 9.53 Å². The van der Waals surface area contributed by atoms with Gasteiger partial charge in [-0.2, -0.15) is 0 Å². The zero-order valence-corrected chi connectivity index (χ0v) is 13.5. The summed E-state index contributed by atoms with van der Waals surface area (Å²) in [6, 6.07) is 5.16. The lowest BCUT2D eigenvalue weighted by Gasteiger charge is -2.32. The Morgan fingerprint density at radius 3 is 2.91 bits per heavy atom. The zero-order chi connectivity index (χ0) is 16.6. The maximum atomic E-state index is 12.7. The first-order valence-electron chi connectivity index (χ1n) is 7.05. The molecule has 6 nitrogen and oxygen atoms in total. The molecule has 23 heavy (non-hydrogen) atoms. The Labute approximate surface area is 141 Å². The van der Waals surface area contributed by atoms with Crippen LogP contribution in [-0.4, -0.2) is 52.7 Å². The van der Waals surface area contributed by atoms with E-state index in [0.717, 1.165) is 5.52 Å². The average molecular weight is 357 g/mol. The molecular weight excluding hydrogens is 343 g/mol.